The first kappa shape index (κ1) is 17.1. The molecule has 0 unspecified atom stereocenters. The number of likely N-dealkylation sites (N-methyl/N-ethyl adjacent to an activating group) is 1. The van der Waals surface area contributed by atoms with Gasteiger partial charge in [-0.25, -0.2) is 9.18 Å². The Hall–Kier alpha value is -2.32. The lowest BCUT2D eigenvalue weighted by Gasteiger charge is -2.73. The predicted octanol–water partition coefficient (Wildman–Crippen LogP) is 3.12. The molecule has 2 bridgehead atoms. The minimum atomic E-state index is -4.24. The number of carbonyl (C=O) groups is 2. The van der Waals surface area contributed by atoms with Crippen LogP contribution in [-0.2, 0) is 11.3 Å². The van der Waals surface area contributed by atoms with Crippen molar-refractivity contribution >= 4 is 17.6 Å². The van der Waals surface area contributed by atoms with Crippen molar-refractivity contribution < 1.29 is 27.2 Å². The monoisotopic (exact) mass is 371 g/mol. The molecule has 9 heteroatoms. The molecule has 1 aromatic rings. The van der Waals surface area contributed by atoms with Gasteiger partial charge in [0, 0.05) is 18.3 Å². The van der Waals surface area contributed by atoms with Gasteiger partial charge in [-0.1, -0.05) is 0 Å². The van der Waals surface area contributed by atoms with Crippen LogP contribution in [0.4, 0.5) is 28.0 Å². The van der Waals surface area contributed by atoms with E-state index in [1.54, 1.807) is 0 Å². The number of fused-ring (bicyclic) bond motifs is 1. The average Bonchev–Trinajstić information content (AvgIpc) is 2.44. The van der Waals surface area contributed by atoms with Gasteiger partial charge in [-0.05, 0) is 43.0 Å². The number of nitrogens with one attached hydrogen (secondary N) is 1. The fraction of sp³-hybridized carbons (Fsp3) is 0.529. The molecule has 1 aliphatic heterocycles. The second-order valence-corrected chi connectivity index (χ2v) is 7.57. The van der Waals surface area contributed by atoms with E-state index in [1.165, 1.54) is 35.0 Å². The first-order valence-electron chi connectivity index (χ1n) is 8.23. The van der Waals surface area contributed by atoms with Crippen molar-refractivity contribution in [1.82, 2.24) is 9.80 Å². The number of amides is 3. The van der Waals surface area contributed by atoms with Crippen LogP contribution in [0.5, 0.6) is 0 Å². The Balaban J connectivity index is 1.41. The highest BCUT2D eigenvalue weighted by atomic mass is 19.4. The molecule has 0 radical (unpaired) electrons. The highest BCUT2D eigenvalue weighted by Gasteiger charge is 2.80. The third-order valence-corrected chi connectivity index (χ3v) is 5.97. The van der Waals surface area contributed by atoms with Gasteiger partial charge in [0.25, 0.3) is 0 Å². The van der Waals surface area contributed by atoms with Crippen molar-refractivity contribution in [1.29, 1.82) is 0 Å². The van der Waals surface area contributed by atoms with E-state index in [9.17, 15) is 27.2 Å². The fourth-order valence-electron chi connectivity index (χ4n) is 4.34. The Bertz CT molecular complexity index is 788. The summed E-state index contributed by atoms with van der Waals surface area (Å²) in [6.45, 7) is -0.197. The quantitative estimate of drug-likeness (QED) is 0.830. The number of benzene rings is 1. The van der Waals surface area contributed by atoms with Crippen LogP contribution in [0.2, 0.25) is 0 Å². The molecule has 3 fully saturated rings. The molecule has 0 aromatic heterocycles. The van der Waals surface area contributed by atoms with E-state index in [4.69, 9.17) is 0 Å². The molecule has 5 nitrogen and oxygen atoms in total. The molecule has 3 aliphatic carbocycles. The maximum Gasteiger partial charge on any atom is 0.394 e. The molecular weight excluding hydrogens is 354 g/mol. The number of alkyl halides is 3. The number of nitrogens with zero attached hydrogens (tertiary/aromatic N) is 2. The lowest BCUT2D eigenvalue weighted by Crippen LogP contribution is -2.79. The van der Waals surface area contributed by atoms with Crippen molar-refractivity contribution in [3.63, 3.8) is 0 Å². The first-order chi connectivity index (χ1) is 12.1. The van der Waals surface area contributed by atoms with Crippen LogP contribution in [0.3, 0.4) is 0 Å². The van der Waals surface area contributed by atoms with Gasteiger partial charge >= 0.3 is 12.2 Å². The number of rotatable bonds is 3. The Morgan fingerprint density at radius 2 is 1.96 bits per heavy atom. The summed E-state index contributed by atoms with van der Waals surface area (Å²) in [5.74, 6) is -0.870. The maximum atomic E-state index is 13.4. The third kappa shape index (κ3) is 2.29. The summed E-state index contributed by atoms with van der Waals surface area (Å²) in [7, 11) is 1.48. The summed E-state index contributed by atoms with van der Waals surface area (Å²) < 4.78 is 52.2. The second kappa shape index (κ2) is 5.11. The molecule has 3 saturated carbocycles. The zero-order valence-corrected chi connectivity index (χ0v) is 14.0. The highest BCUT2D eigenvalue weighted by Crippen LogP contribution is 2.75. The van der Waals surface area contributed by atoms with E-state index in [-0.39, 0.29) is 32.4 Å². The van der Waals surface area contributed by atoms with Crippen LogP contribution >= 0.6 is 0 Å². The minimum Gasteiger partial charge on any atom is -0.338 e. The number of anilines is 1. The van der Waals surface area contributed by atoms with Crippen molar-refractivity contribution in [3.8, 4) is 0 Å². The second-order valence-electron chi connectivity index (χ2n) is 7.57. The van der Waals surface area contributed by atoms with Crippen LogP contribution < -0.4 is 5.32 Å². The van der Waals surface area contributed by atoms with Gasteiger partial charge in [0.2, 0.25) is 5.91 Å². The lowest BCUT2D eigenvalue weighted by atomic mass is 9.38. The molecule has 0 saturated heterocycles. The van der Waals surface area contributed by atoms with E-state index in [0.717, 1.165) is 0 Å². The van der Waals surface area contributed by atoms with Crippen molar-refractivity contribution in [2.45, 2.75) is 37.5 Å². The van der Waals surface area contributed by atoms with E-state index in [1.807, 2.05) is 0 Å². The summed E-state index contributed by atoms with van der Waals surface area (Å²) in [4.78, 5) is 27.2. The molecular formula is C17H17F4N3O2. The third-order valence-electron chi connectivity index (χ3n) is 5.97. The molecule has 0 spiro atoms. The van der Waals surface area contributed by atoms with Crippen LogP contribution in [-0.4, -0.2) is 47.0 Å². The Morgan fingerprint density at radius 1 is 1.31 bits per heavy atom. The molecule has 3 amide bonds. The molecule has 26 heavy (non-hydrogen) atoms. The SMILES string of the molecule is CN(C(=O)CN1Cc2cc(F)ccc2NC1=O)C12CC(C(F)(F)F)(C1)C2. The van der Waals surface area contributed by atoms with Crippen LogP contribution in [0.25, 0.3) is 0 Å². The standard InChI is InChI=1S/C17H17F4N3O2/c1-23(16-7-15(8-16,9-16)17(19,20)21)13(25)6-24-5-10-4-11(18)2-3-12(10)22-14(24)26/h2-4H,5-9H2,1H3,(H,22,26). The fourth-order valence-corrected chi connectivity index (χ4v) is 4.34. The number of hydrogen-bond donors (Lipinski definition) is 1. The van der Waals surface area contributed by atoms with Crippen LogP contribution in [0.15, 0.2) is 18.2 Å². The molecule has 1 N–H and O–H groups in total. The van der Waals surface area contributed by atoms with Gasteiger partial charge in [-0.2, -0.15) is 13.2 Å². The highest BCUT2D eigenvalue weighted by molar-refractivity contribution is 5.95. The van der Waals surface area contributed by atoms with Crippen molar-refractivity contribution in [2.75, 3.05) is 18.9 Å². The van der Waals surface area contributed by atoms with E-state index >= 15 is 0 Å². The van der Waals surface area contributed by atoms with Gasteiger partial charge in [0.15, 0.2) is 0 Å². The summed E-state index contributed by atoms with van der Waals surface area (Å²) in [5.41, 5.74) is -1.36. The molecule has 1 aromatic carbocycles. The number of urea groups is 1. The Labute approximate surface area is 146 Å². The van der Waals surface area contributed by atoms with Crippen LogP contribution in [0, 0.1) is 11.2 Å². The summed E-state index contributed by atoms with van der Waals surface area (Å²) >= 11 is 0. The normalized spacial score (nSPS) is 29.3. The number of halogens is 4. The smallest absolute Gasteiger partial charge is 0.338 e. The molecule has 140 valence electrons. The van der Waals surface area contributed by atoms with E-state index in [2.05, 4.69) is 5.32 Å². The zero-order chi connectivity index (χ0) is 18.9. The number of hydrogen-bond acceptors (Lipinski definition) is 2. The molecule has 4 aliphatic rings. The molecule has 5 rings (SSSR count). The van der Waals surface area contributed by atoms with E-state index in [0.29, 0.717) is 11.3 Å². The summed E-state index contributed by atoms with van der Waals surface area (Å²) in [5, 5.41) is 2.58. The van der Waals surface area contributed by atoms with Gasteiger partial charge in [-0.15, -0.1) is 0 Å². The van der Waals surface area contributed by atoms with Gasteiger partial charge in [0.05, 0.1) is 12.0 Å². The largest absolute Gasteiger partial charge is 0.394 e. The van der Waals surface area contributed by atoms with Crippen molar-refractivity contribution in [2.24, 2.45) is 5.41 Å². The Morgan fingerprint density at radius 3 is 2.58 bits per heavy atom. The predicted molar refractivity (Wildman–Crippen MR) is 83.7 cm³/mol. The first-order valence-corrected chi connectivity index (χ1v) is 8.23. The Kier molecular flexibility index (Phi) is 3.36. The van der Waals surface area contributed by atoms with Gasteiger partial charge < -0.3 is 15.1 Å². The minimum absolute atomic E-state index is 0.0675. The zero-order valence-electron chi connectivity index (χ0n) is 14.0. The summed E-state index contributed by atoms with van der Waals surface area (Å²) in [6.07, 6.45) is -4.47. The van der Waals surface area contributed by atoms with Crippen molar-refractivity contribution in [3.05, 3.63) is 29.6 Å². The molecule has 1 heterocycles. The topological polar surface area (TPSA) is 52.7 Å². The lowest BCUT2D eigenvalue weighted by molar-refractivity contribution is -0.355. The van der Waals surface area contributed by atoms with Gasteiger partial charge in [0.1, 0.15) is 12.4 Å². The van der Waals surface area contributed by atoms with Crippen LogP contribution in [0.1, 0.15) is 24.8 Å². The maximum absolute atomic E-state index is 13.4. The average molecular weight is 371 g/mol. The number of carbonyl (C=O) groups excluding carboxylic acids is 2. The molecule has 0 atom stereocenters. The summed E-state index contributed by atoms with van der Waals surface area (Å²) in [6, 6.07) is 3.47. The van der Waals surface area contributed by atoms with E-state index < -0.39 is 34.9 Å². The van der Waals surface area contributed by atoms with Gasteiger partial charge in [-0.3, -0.25) is 4.79 Å².